The number of aryl methyl sites for hydroxylation is 1. The van der Waals surface area contributed by atoms with Gasteiger partial charge in [0.15, 0.2) is 17.3 Å². The van der Waals surface area contributed by atoms with Crippen LogP contribution in [0.5, 0.6) is 5.75 Å². The number of benzene rings is 3. The quantitative estimate of drug-likeness (QED) is 0.139. The molecule has 1 aliphatic rings. The van der Waals surface area contributed by atoms with E-state index in [1.807, 2.05) is 13.0 Å². The van der Waals surface area contributed by atoms with Crippen LogP contribution < -0.4 is 10.1 Å². The molecule has 1 fully saturated rings. The summed E-state index contributed by atoms with van der Waals surface area (Å²) in [5, 5.41) is 3.96. The average molecular weight is 644 g/mol. The second-order valence-electron chi connectivity index (χ2n) is 11.0. The molecule has 1 N–H and O–H groups in total. The zero-order valence-electron chi connectivity index (χ0n) is 25.2. The summed E-state index contributed by atoms with van der Waals surface area (Å²) in [6, 6.07) is 17.0. The van der Waals surface area contributed by atoms with E-state index in [-0.39, 0.29) is 18.1 Å². The summed E-state index contributed by atoms with van der Waals surface area (Å²) in [6.07, 6.45) is 4.53. The summed E-state index contributed by atoms with van der Waals surface area (Å²) in [7, 11) is 0. The van der Waals surface area contributed by atoms with Crippen molar-refractivity contribution in [3.63, 3.8) is 0 Å². The van der Waals surface area contributed by atoms with Crippen LogP contribution in [0.3, 0.4) is 0 Å². The molecule has 11 heteroatoms. The molecule has 236 valence electrons. The van der Waals surface area contributed by atoms with Crippen LogP contribution in [0.2, 0.25) is 0 Å². The van der Waals surface area contributed by atoms with Crippen molar-refractivity contribution >= 4 is 28.8 Å². The zero-order chi connectivity index (χ0) is 32.0. The molecule has 5 aromatic rings. The number of likely N-dealkylation sites (tertiary alicyclic amines) is 1. The first kappa shape index (κ1) is 31.4. The second kappa shape index (κ2) is 14.2. The molecule has 46 heavy (non-hydrogen) atoms. The number of anilines is 2. The summed E-state index contributed by atoms with van der Waals surface area (Å²) < 4.78 is 49.0. The third-order valence-corrected chi connectivity index (χ3v) is 8.94. The Morgan fingerprint density at radius 2 is 1.74 bits per heavy atom. The highest BCUT2D eigenvalue weighted by atomic mass is 32.1. The highest BCUT2D eigenvalue weighted by Gasteiger charge is 2.20. The van der Waals surface area contributed by atoms with Gasteiger partial charge in [-0.05, 0) is 74.3 Å². The number of ketones is 1. The van der Waals surface area contributed by atoms with E-state index < -0.39 is 28.8 Å². The Kier molecular flexibility index (Phi) is 9.70. The van der Waals surface area contributed by atoms with Gasteiger partial charge in [0, 0.05) is 36.5 Å². The van der Waals surface area contributed by atoms with E-state index in [0.717, 1.165) is 47.2 Å². The van der Waals surface area contributed by atoms with Crippen LogP contribution in [-0.2, 0) is 12.8 Å². The van der Waals surface area contributed by atoms with Gasteiger partial charge in [0.25, 0.3) is 0 Å². The maximum absolute atomic E-state index is 14.8. The van der Waals surface area contributed by atoms with Gasteiger partial charge in [0.1, 0.15) is 18.2 Å². The lowest BCUT2D eigenvalue weighted by atomic mass is 9.99. The Hall–Kier alpha value is -4.61. The first-order valence-electron chi connectivity index (χ1n) is 15.2. The predicted molar refractivity (Wildman–Crippen MR) is 173 cm³/mol. The van der Waals surface area contributed by atoms with Crippen molar-refractivity contribution in [3.8, 4) is 27.6 Å². The van der Waals surface area contributed by atoms with Crippen molar-refractivity contribution in [1.29, 1.82) is 0 Å². The molecule has 0 radical (unpaired) electrons. The monoisotopic (exact) mass is 643 g/mol. The van der Waals surface area contributed by atoms with Crippen molar-refractivity contribution in [1.82, 2.24) is 19.9 Å². The maximum Gasteiger partial charge on any atom is 0.227 e. The van der Waals surface area contributed by atoms with Crippen molar-refractivity contribution in [3.05, 3.63) is 107 Å². The van der Waals surface area contributed by atoms with Crippen LogP contribution in [-0.4, -0.2) is 51.9 Å². The smallest absolute Gasteiger partial charge is 0.227 e. The molecule has 0 amide bonds. The molecule has 0 bridgehead atoms. The largest absolute Gasteiger partial charge is 0.489 e. The minimum absolute atomic E-state index is 0.174. The Morgan fingerprint density at radius 3 is 2.50 bits per heavy atom. The molecule has 1 aliphatic heterocycles. The molecule has 0 atom stereocenters. The summed E-state index contributed by atoms with van der Waals surface area (Å²) >= 11 is 1.49. The van der Waals surface area contributed by atoms with Crippen LogP contribution in [0.15, 0.2) is 72.9 Å². The van der Waals surface area contributed by atoms with Crippen LogP contribution in [0.25, 0.3) is 21.8 Å². The van der Waals surface area contributed by atoms with Gasteiger partial charge in [0.2, 0.25) is 5.95 Å². The van der Waals surface area contributed by atoms with Gasteiger partial charge in [-0.1, -0.05) is 31.2 Å². The van der Waals surface area contributed by atoms with Gasteiger partial charge in [-0.25, -0.2) is 28.1 Å². The topological polar surface area (TPSA) is 80.2 Å². The number of rotatable bonds is 12. The lowest BCUT2D eigenvalue weighted by molar-refractivity contribution is 0.0985. The number of nitrogens with zero attached hydrogens (tertiary/aromatic N) is 4. The van der Waals surface area contributed by atoms with Crippen LogP contribution in [0, 0.1) is 17.5 Å². The van der Waals surface area contributed by atoms with Gasteiger partial charge < -0.3 is 10.1 Å². The molecule has 7 nitrogen and oxygen atoms in total. The number of nitrogens with one attached hydrogen (secondary N) is 1. The van der Waals surface area contributed by atoms with E-state index in [0.29, 0.717) is 35.7 Å². The van der Waals surface area contributed by atoms with Gasteiger partial charge in [-0.3, -0.25) is 9.69 Å². The molecule has 0 spiro atoms. The lowest BCUT2D eigenvalue weighted by Crippen LogP contribution is -2.25. The number of Topliss-reactive ketones (excluding diaryl/α,β-unsaturated/α-hetero) is 1. The zero-order valence-corrected chi connectivity index (χ0v) is 26.0. The molecule has 2 aromatic heterocycles. The molecule has 1 saturated heterocycles. The number of carbonyl (C=O) groups is 1. The molecule has 3 aromatic carbocycles. The lowest BCUT2D eigenvalue weighted by Gasteiger charge is -2.15. The van der Waals surface area contributed by atoms with E-state index in [1.165, 1.54) is 36.3 Å². The van der Waals surface area contributed by atoms with Crippen LogP contribution in [0.4, 0.5) is 24.8 Å². The number of aromatic nitrogens is 3. The van der Waals surface area contributed by atoms with Gasteiger partial charge in [-0.15, -0.1) is 11.3 Å². The molecule has 0 saturated carbocycles. The first-order valence-corrected chi connectivity index (χ1v) is 16.0. The highest BCUT2D eigenvalue weighted by Crippen LogP contribution is 2.37. The number of thiazole rings is 1. The van der Waals surface area contributed by atoms with Gasteiger partial charge in [0.05, 0.1) is 26.8 Å². The fourth-order valence-electron chi connectivity index (χ4n) is 5.41. The van der Waals surface area contributed by atoms with Gasteiger partial charge >= 0.3 is 0 Å². The first-order chi connectivity index (χ1) is 22.4. The molecule has 3 heterocycles. The highest BCUT2D eigenvalue weighted by molar-refractivity contribution is 7.15. The normalized spacial score (nSPS) is 13.2. The third-order valence-electron chi connectivity index (χ3n) is 7.72. The van der Waals surface area contributed by atoms with E-state index in [2.05, 4.69) is 15.2 Å². The Balaban J connectivity index is 1.20. The Morgan fingerprint density at radius 1 is 0.957 bits per heavy atom. The number of hydrogen-bond acceptors (Lipinski definition) is 8. The third kappa shape index (κ3) is 7.27. The molecule has 6 rings (SSSR count). The Bertz CT molecular complexity index is 1840. The number of ether oxygens (including phenoxy) is 1. The van der Waals surface area contributed by atoms with Crippen molar-refractivity contribution < 1.29 is 22.7 Å². The molecular formula is C35H32F3N5O2S. The minimum Gasteiger partial charge on any atom is -0.489 e. The van der Waals surface area contributed by atoms with Gasteiger partial charge in [-0.2, -0.15) is 0 Å². The van der Waals surface area contributed by atoms with Crippen molar-refractivity contribution in [2.24, 2.45) is 0 Å². The van der Waals surface area contributed by atoms with E-state index in [9.17, 15) is 18.0 Å². The average Bonchev–Trinajstić information content (AvgIpc) is 3.73. The van der Waals surface area contributed by atoms with Crippen LogP contribution >= 0.6 is 11.3 Å². The molecule has 0 aliphatic carbocycles. The standard InChI is InChI=1S/C35H32F3N5O2S/c1-2-31-42-33(23-8-5-7-22(19-23)20-29(44)32-25(36)9-6-10-26(32)37)34(46-31)28-13-14-39-35(41-28)40-24-11-12-30(27(38)21-24)45-18-17-43-15-3-4-16-43/h5-14,19,21H,2-4,15-18,20H2,1H3,(H,39,40,41). The van der Waals surface area contributed by atoms with E-state index in [1.54, 1.807) is 42.6 Å². The summed E-state index contributed by atoms with van der Waals surface area (Å²) in [5.41, 5.74) is 2.54. The Labute approximate surface area is 269 Å². The van der Waals surface area contributed by atoms with E-state index in [4.69, 9.17) is 14.7 Å². The summed E-state index contributed by atoms with van der Waals surface area (Å²) in [4.78, 5) is 29.8. The van der Waals surface area contributed by atoms with Crippen LogP contribution in [0.1, 0.15) is 40.7 Å². The number of hydrogen-bond donors (Lipinski definition) is 1. The summed E-state index contributed by atoms with van der Waals surface area (Å²) in [6.45, 7) is 5.32. The summed E-state index contributed by atoms with van der Waals surface area (Å²) in [5.74, 6) is -2.42. The maximum atomic E-state index is 14.8. The predicted octanol–water partition coefficient (Wildman–Crippen LogP) is 7.89. The SMILES string of the molecule is CCc1nc(-c2cccc(CC(=O)c3c(F)cccc3F)c2)c(-c2ccnc(Nc3ccc(OCCN4CCCC4)c(F)c3)n2)s1. The van der Waals surface area contributed by atoms with Crippen molar-refractivity contribution in [2.45, 2.75) is 32.6 Å². The number of halogens is 3. The van der Waals surface area contributed by atoms with Crippen molar-refractivity contribution in [2.75, 3.05) is 31.6 Å². The fourth-order valence-corrected chi connectivity index (χ4v) is 6.41. The fraction of sp³-hybridized carbons (Fsp3) is 0.257. The second-order valence-corrected chi connectivity index (χ2v) is 12.1. The minimum atomic E-state index is -0.886. The molecular weight excluding hydrogens is 611 g/mol. The van der Waals surface area contributed by atoms with E-state index >= 15 is 0 Å². The molecule has 0 unspecified atom stereocenters. The number of carbonyl (C=O) groups excluding carboxylic acids is 1.